The Morgan fingerprint density at radius 2 is 1.89 bits per heavy atom. The van der Waals surface area contributed by atoms with Crippen LogP contribution in [-0.2, 0) is 0 Å². The quantitative estimate of drug-likeness (QED) is 0.656. The molecule has 0 bridgehead atoms. The molecule has 4 heteroatoms. The van der Waals surface area contributed by atoms with Gasteiger partial charge in [0.2, 0.25) is 0 Å². The summed E-state index contributed by atoms with van der Waals surface area (Å²) in [6.45, 7) is 0. The summed E-state index contributed by atoms with van der Waals surface area (Å²) in [5, 5.41) is 1.46. The van der Waals surface area contributed by atoms with Gasteiger partial charge in [0, 0.05) is 16.1 Å². The van der Waals surface area contributed by atoms with Crippen LogP contribution in [0, 0.1) is 5.82 Å². The fourth-order valence-corrected chi connectivity index (χ4v) is 2.06. The van der Waals surface area contributed by atoms with Crippen molar-refractivity contribution in [2.24, 2.45) is 0 Å². The number of nitrogen functional groups attached to an aromatic ring is 1. The normalized spacial score (nSPS) is 11.0. The van der Waals surface area contributed by atoms with Crippen LogP contribution in [0.15, 0.2) is 46.9 Å². The molecule has 18 heavy (non-hydrogen) atoms. The summed E-state index contributed by atoms with van der Waals surface area (Å²) in [5.74, 6) is 0.0601. The van der Waals surface area contributed by atoms with E-state index < -0.39 is 5.82 Å². The molecular formula is C14H9ClFNO. The summed E-state index contributed by atoms with van der Waals surface area (Å²) in [4.78, 5) is 0. The van der Waals surface area contributed by atoms with Gasteiger partial charge in [0.1, 0.15) is 17.2 Å². The van der Waals surface area contributed by atoms with Gasteiger partial charge in [-0.3, -0.25) is 0 Å². The van der Waals surface area contributed by atoms with Gasteiger partial charge < -0.3 is 10.2 Å². The highest BCUT2D eigenvalue weighted by Crippen LogP contribution is 2.31. The van der Waals surface area contributed by atoms with Gasteiger partial charge in [-0.05, 0) is 42.5 Å². The van der Waals surface area contributed by atoms with E-state index in [0.29, 0.717) is 27.6 Å². The van der Waals surface area contributed by atoms with Crippen molar-refractivity contribution in [1.29, 1.82) is 0 Å². The lowest BCUT2D eigenvalue weighted by Gasteiger charge is -1.99. The largest absolute Gasteiger partial charge is 0.456 e. The van der Waals surface area contributed by atoms with E-state index in [1.54, 1.807) is 36.4 Å². The second kappa shape index (κ2) is 4.03. The maximum absolute atomic E-state index is 13.8. The van der Waals surface area contributed by atoms with E-state index in [1.807, 2.05) is 0 Å². The number of fused-ring (bicyclic) bond motifs is 1. The summed E-state index contributed by atoms with van der Waals surface area (Å²) >= 11 is 5.89. The number of furan rings is 1. The molecule has 0 fully saturated rings. The van der Waals surface area contributed by atoms with Crippen LogP contribution in [0.1, 0.15) is 0 Å². The molecule has 2 N–H and O–H groups in total. The zero-order chi connectivity index (χ0) is 12.7. The molecule has 0 aliphatic heterocycles. The van der Waals surface area contributed by atoms with E-state index in [4.69, 9.17) is 21.8 Å². The lowest BCUT2D eigenvalue weighted by molar-refractivity contribution is 0.602. The van der Waals surface area contributed by atoms with Gasteiger partial charge in [0.05, 0.1) is 5.56 Å². The Bertz CT molecular complexity index is 736. The maximum atomic E-state index is 13.8. The first-order chi connectivity index (χ1) is 8.63. The lowest BCUT2D eigenvalue weighted by Crippen LogP contribution is -1.88. The van der Waals surface area contributed by atoms with Crippen LogP contribution in [-0.4, -0.2) is 0 Å². The molecular weight excluding hydrogens is 253 g/mol. The van der Waals surface area contributed by atoms with Crippen LogP contribution < -0.4 is 5.73 Å². The third kappa shape index (κ3) is 1.83. The summed E-state index contributed by atoms with van der Waals surface area (Å²) in [5.41, 5.74) is 6.95. The Hall–Kier alpha value is -2.00. The van der Waals surface area contributed by atoms with E-state index in [1.165, 1.54) is 6.07 Å². The topological polar surface area (TPSA) is 39.2 Å². The van der Waals surface area contributed by atoms with Crippen molar-refractivity contribution >= 4 is 28.3 Å². The fourth-order valence-electron chi connectivity index (χ4n) is 1.88. The zero-order valence-electron chi connectivity index (χ0n) is 9.28. The third-order valence-electron chi connectivity index (χ3n) is 2.74. The number of hydrogen-bond donors (Lipinski definition) is 1. The number of benzene rings is 2. The summed E-state index contributed by atoms with van der Waals surface area (Å²) in [6.07, 6.45) is 0. The van der Waals surface area contributed by atoms with Crippen LogP contribution in [0.2, 0.25) is 5.02 Å². The van der Waals surface area contributed by atoms with Crippen molar-refractivity contribution in [1.82, 2.24) is 0 Å². The van der Waals surface area contributed by atoms with Crippen LogP contribution in [0.3, 0.4) is 0 Å². The smallest absolute Gasteiger partial charge is 0.138 e. The van der Waals surface area contributed by atoms with Gasteiger partial charge >= 0.3 is 0 Å². The monoisotopic (exact) mass is 261 g/mol. The van der Waals surface area contributed by atoms with Crippen LogP contribution >= 0.6 is 11.6 Å². The fraction of sp³-hybridized carbons (Fsp3) is 0. The number of rotatable bonds is 1. The Morgan fingerprint density at radius 1 is 1.06 bits per heavy atom. The molecule has 1 heterocycles. The highest BCUT2D eigenvalue weighted by atomic mass is 35.5. The SMILES string of the molecule is Nc1ccc(-c2cc3cc(Cl)ccc3o2)c(F)c1. The Balaban J connectivity index is 2.19. The molecule has 0 atom stereocenters. The number of nitrogens with two attached hydrogens (primary N) is 1. The molecule has 0 saturated heterocycles. The maximum Gasteiger partial charge on any atom is 0.138 e. The molecule has 1 aromatic heterocycles. The highest BCUT2D eigenvalue weighted by Gasteiger charge is 2.11. The molecule has 0 saturated carbocycles. The minimum Gasteiger partial charge on any atom is -0.456 e. The molecule has 0 amide bonds. The Morgan fingerprint density at radius 3 is 2.67 bits per heavy atom. The zero-order valence-corrected chi connectivity index (χ0v) is 10.0. The number of hydrogen-bond acceptors (Lipinski definition) is 2. The Kier molecular flexibility index (Phi) is 2.49. The summed E-state index contributed by atoms with van der Waals surface area (Å²) < 4.78 is 19.4. The minimum absolute atomic E-state index is 0.385. The van der Waals surface area contributed by atoms with Crippen LogP contribution in [0.4, 0.5) is 10.1 Å². The predicted molar refractivity (Wildman–Crippen MR) is 71.0 cm³/mol. The molecule has 0 radical (unpaired) electrons. The van der Waals surface area contributed by atoms with Crippen molar-refractivity contribution in [3.05, 3.63) is 53.3 Å². The highest BCUT2D eigenvalue weighted by molar-refractivity contribution is 6.31. The Labute approximate surface area is 108 Å². The van der Waals surface area contributed by atoms with E-state index in [0.717, 1.165) is 5.39 Å². The average molecular weight is 262 g/mol. The van der Waals surface area contributed by atoms with Gasteiger partial charge in [0.25, 0.3) is 0 Å². The molecule has 2 nitrogen and oxygen atoms in total. The van der Waals surface area contributed by atoms with E-state index in [9.17, 15) is 4.39 Å². The summed E-state index contributed by atoms with van der Waals surface area (Å²) in [6, 6.07) is 11.5. The van der Waals surface area contributed by atoms with Crippen molar-refractivity contribution in [2.75, 3.05) is 5.73 Å². The molecule has 0 unspecified atom stereocenters. The second-order valence-electron chi connectivity index (χ2n) is 4.03. The molecule has 90 valence electrons. The second-order valence-corrected chi connectivity index (χ2v) is 4.47. The van der Waals surface area contributed by atoms with Gasteiger partial charge in [-0.2, -0.15) is 0 Å². The molecule has 3 rings (SSSR count). The minimum atomic E-state index is -0.403. The van der Waals surface area contributed by atoms with Crippen LogP contribution in [0.25, 0.3) is 22.3 Å². The molecule has 0 spiro atoms. The first kappa shape index (κ1) is 11.1. The van der Waals surface area contributed by atoms with Crippen molar-refractivity contribution in [3.63, 3.8) is 0 Å². The van der Waals surface area contributed by atoms with Gasteiger partial charge in [-0.15, -0.1) is 0 Å². The molecule has 3 aromatic rings. The first-order valence-electron chi connectivity index (χ1n) is 5.38. The molecule has 0 aliphatic carbocycles. The third-order valence-corrected chi connectivity index (χ3v) is 2.97. The van der Waals surface area contributed by atoms with E-state index in [-0.39, 0.29) is 0 Å². The van der Waals surface area contributed by atoms with Crippen molar-refractivity contribution in [3.8, 4) is 11.3 Å². The predicted octanol–water partition coefficient (Wildman–Crippen LogP) is 4.47. The first-order valence-corrected chi connectivity index (χ1v) is 5.76. The number of halogens is 2. The lowest BCUT2D eigenvalue weighted by atomic mass is 10.1. The van der Waals surface area contributed by atoms with Crippen molar-refractivity contribution in [2.45, 2.75) is 0 Å². The average Bonchev–Trinajstić information content (AvgIpc) is 2.71. The summed E-state index contributed by atoms with van der Waals surface area (Å²) in [7, 11) is 0. The van der Waals surface area contributed by atoms with E-state index in [2.05, 4.69) is 0 Å². The molecule has 2 aromatic carbocycles. The van der Waals surface area contributed by atoms with Gasteiger partial charge in [-0.1, -0.05) is 11.6 Å². The van der Waals surface area contributed by atoms with Gasteiger partial charge in [0.15, 0.2) is 0 Å². The van der Waals surface area contributed by atoms with E-state index >= 15 is 0 Å². The van der Waals surface area contributed by atoms with Gasteiger partial charge in [-0.25, -0.2) is 4.39 Å². The standard InChI is InChI=1S/C14H9ClFNO/c15-9-1-4-13-8(5-9)6-14(18-13)11-3-2-10(17)7-12(11)16/h1-7H,17H2. The van der Waals surface area contributed by atoms with Crippen molar-refractivity contribution < 1.29 is 8.81 Å². The number of anilines is 1. The van der Waals surface area contributed by atoms with Crippen LogP contribution in [0.5, 0.6) is 0 Å². The molecule has 0 aliphatic rings.